The number of hydrogen-bond donors (Lipinski definition) is 4. The molecule has 0 aliphatic carbocycles. The van der Waals surface area contributed by atoms with Crippen molar-refractivity contribution >= 4 is 29.1 Å². The third-order valence-electron chi connectivity index (χ3n) is 11.5. The molecule has 2 atom stereocenters. The first-order chi connectivity index (χ1) is 30.1. The molecule has 2 aliphatic rings. The lowest BCUT2D eigenvalue weighted by molar-refractivity contribution is -0.120. The van der Waals surface area contributed by atoms with Crippen molar-refractivity contribution < 1.29 is 19.1 Å². The highest BCUT2D eigenvalue weighted by Gasteiger charge is 2.22. The average Bonchev–Trinajstić information content (AvgIpc) is 3.90. The minimum absolute atomic E-state index is 0.0646. The lowest BCUT2D eigenvalue weighted by atomic mass is 9.91. The van der Waals surface area contributed by atoms with Gasteiger partial charge in [0.2, 0.25) is 11.8 Å². The molecule has 2 aliphatic heterocycles. The number of aromatic nitrogens is 3. The number of halogens is 1. The topological polar surface area (TPSA) is 172 Å². The summed E-state index contributed by atoms with van der Waals surface area (Å²) < 4.78 is 14.4. The summed E-state index contributed by atoms with van der Waals surface area (Å²) in [5, 5.41) is 22.5. The fourth-order valence-electron chi connectivity index (χ4n) is 8.09. The Hall–Kier alpha value is -6.59. The summed E-state index contributed by atoms with van der Waals surface area (Å²) in [5.41, 5.74) is 9.84. The smallest absolute Gasteiger partial charge is 0.262 e. The van der Waals surface area contributed by atoms with E-state index >= 15 is 0 Å². The summed E-state index contributed by atoms with van der Waals surface area (Å²) in [4.78, 5) is 45.4. The van der Waals surface area contributed by atoms with Crippen LogP contribution in [0.3, 0.4) is 0 Å². The lowest BCUT2D eigenvalue weighted by Crippen LogP contribution is -2.36. The Morgan fingerprint density at radius 2 is 1.45 bits per heavy atom. The van der Waals surface area contributed by atoms with Gasteiger partial charge in [-0.2, -0.15) is 5.26 Å². The van der Waals surface area contributed by atoms with Crippen molar-refractivity contribution in [3.05, 3.63) is 146 Å². The molecule has 13 nitrogen and oxygen atoms in total. The van der Waals surface area contributed by atoms with Crippen LogP contribution in [0.2, 0.25) is 5.02 Å². The van der Waals surface area contributed by atoms with Crippen LogP contribution in [0.1, 0.15) is 64.6 Å². The fraction of sp³-hybridized carbons (Fsp3) is 0.292. The number of pyridine rings is 2. The summed E-state index contributed by atoms with van der Waals surface area (Å²) >= 11 is 6.91. The van der Waals surface area contributed by atoms with Crippen LogP contribution < -0.4 is 36.3 Å². The molecule has 2 saturated heterocycles. The van der Waals surface area contributed by atoms with Gasteiger partial charge in [-0.25, -0.2) is 4.98 Å². The van der Waals surface area contributed by atoms with E-state index in [-0.39, 0.29) is 42.7 Å². The first-order valence-electron chi connectivity index (χ1n) is 20.7. The molecule has 316 valence electrons. The molecule has 3 aromatic heterocycles. The number of carbonyl (C=O) groups is 2. The van der Waals surface area contributed by atoms with E-state index in [4.69, 9.17) is 21.1 Å². The number of carbonyl (C=O) groups excluding carboxylic acids is 2. The summed E-state index contributed by atoms with van der Waals surface area (Å²) in [6.07, 6.45) is 9.24. The van der Waals surface area contributed by atoms with Crippen LogP contribution in [0.4, 0.5) is 0 Å². The molecule has 0 radical (unpaired) electrons. The molecular weight excluding hydrogens is 804 g/mol. The van der Waals surface area contributed by atoms with E-state index in [0.717, 1.165) is 62.9 Å². The maximum atomic E-state index is 13.4. The number of amides is 2. The van der Waals surface area contributed by atoms with Crippen molar-refractivity contribution in [2.24, 2.45) is 0 Å². The van der Waals surface area contributed by atoms with Crippen LogP contribution in [0, 0.1) is 25.2 Å². The lowest BCUT2D eigenvalue weighted by Gasteiger charge is -2.19. The Balaban J connectivity index is 0.985. The third kappa shape index (κ3) is 9.63. The predicted octanol–water partition coefficient (Wildman–Crippen LogP) is 6.46. The zero-order chi connectivity index (χ0) is 43.2. The number of benzene rings is 3. The van der Waals surface area contributed by atoms with Crippen LogP contribution in [-0.4, -0.2) is 51.4 Å². The van der Waals surface area contributed by atoms with E-state index in [1.165, 1.54) is 6.20 Å². The Morgan fingerprint density at radius 3 is 2.16 bits per heavy atom. The highest BCUT2D eigenvalue weighted by atomic mass is 35.5. The van der Waals surface area contributed by atoms with Gasteiger partial charge in [-0.05, 0) is 96.5 Å². The number of hydrogen-bond acceptors (Lipinski definition) is 10. The van der Waals surface area contributed by atoms with Gasteiger partial charge in [-0.15, -0.1) is 0 Å². The minimum atomic E-state index is -0.132. The van der Waals surface area contributed by atoms with Gasteiger partial charge in [-0.1, -0.05) is 41.9 Å². The number of ether oxygens (including phenoxy) is 2. The Kier molecular flexibility index (Phi) is 12.9. The average molecular weight is 851 g/mol. The van der Waals surface area contributed by atoms with E-state index in [1.807, 2.05) is 49.4 Å². The standard InChI is InChI=1S/C48H47ClN8O5/c1-29-39(33-13-14-57-45(18-33)54-24-36(48(57)60)23-53-26-38-10-12-47(59)56-38)5-3-6-40(29)41-7-4-8-43(30(41)2)62-28-35-17-44(61-27-32-15-31(19-50)20-51-21-32)34(16-42(35)49)22-52-25-37-9-11-46(58)55-37/h3-8,13-18,20-21,24,37-38,52-53H,9-12,22-23,25-28H2,1-2H3,(H,55,58)(H,56,59)/t37-,38+/m1/s1. The number of fused-ring (bicyclic) bond motifs is 1. The molecule has 3 aromatic carbocycles. The second-order valence-corrected chi connectivity index (χ2v) is 16.2. The Morgan fingerprint density at radius 1 is 0.774 bits per heavy atom. The van der Waals surface area contributed by atoms with Crippen LogP contribution in [-0.2, 0) is 35.9 Å². The van der Waals surface area contributed by atoms with Crippen molar-refractivity contribution in [1.29, 1.82) is 5.26 Å². The van der Waals surface area contributed by atoms with E-state index in [1.54, 1.807) is 29.1 Å². The van der Waals surface area contributed by atoms with Gasteiger partial charge in [0.1, 0.15) is 36.4 Å². The van der Waals surface area contributed by atoms with Gasteiger partial charge in [0.05, 0.1) is 5.56 Å². The molecule has 2 amide bonds. The zero-order valence-corrected chi connectivity index (χ0v) is 35.4. The number of nitrogens with zero attached hydrogens (tertiary/aromatic N) is 4. The van der Waals surface area contributed by atoms with E-state index in [0.29, 0.717) is 72.3 Å². The zero-order valence-electron chi connectivity index (χ0n) is 34.6. The number of nitriles is 1. The van der Waals surface area contributed by atoms with Gasteiger partial charge < -0.3 is 30.7 Å². The highest BCUT2D eigenvalue weighted by molar-refractivity contribution is 6.31. The molecule has 0 bridgehead atoms. The monoisotopic (exact) mass is 850 g/mol. The van der Waals surface area contributed by atoms with Gasteiger partial charge in [0.15, 0.2) is 0 Å². The molecule has 2 fully saturated rings. The Labute approximate surface area is 364 Å². The molecule has 5 heterocycles. The molecule has 14 heteroatoms. The van der Waals surface area contributed by atoms with Crippen LogP contribution in [0.5, 0.6) is 11.5 Å². The SMILES string of the molecule is Cc1c(OCc2cc(OCc3cncc(C#N)c3)c(CNC[C@H]3CCC(=O)N3)cc2Cl)cccc1-c1cccc(-c2ccn3c(=O)c(CNC[C@@H]4CCC(=O)N4)cnc3c2)c1C. The van der Waals surface area contributed by atoms with Gasteiger partial charge in [0.25, 0.3) is 5.56 Å². The first-order valence-corrected chi connectivity index (χ1v) is 21.1. The fourth-order valence-corrected chi connectivity index (χ4v) is 8.33. The minimum Gasteiger partial charge on any atom is -0.489 e. The van der Waals surface area contributed by atoms with Gasteiger partial charge >= 0.3 is 0 Å². The molecule has 0 unspecified atom stereocenters. The molecule has 8 rings (SSSR count). The normalized spacial score (nSPS) is 16.0. The third-order valence-corrected chi connectivity index (χ3v) is 11.9. The van der Waals surface area contributed by atoms with E-state index in [9.17, 15) is 19.6 Å². The summed E-state index contributed by atoms with van der Waals surface area (Å²) in [5.74, 6) is 1.46. The van der Waals surface area contributed by atoms with E-state index < -0.39 is 0 Å². The summed E-state index contributed by atoms with van der Waals surface area (Å²) in [7, 11) is 0. The van der Waals surface area contributed by atoms with Gasteiger partial charge in [-0.3, -0.25) is 23.8 Å². The molecule has 62 heavy (non-hydrogen) atoms. The quantitative estimate of drug-likeness (QED) is 0.0848. The second kappa shape index (κ2) is 19.0. The van der Waals surface area contributed by atoms with Crippen LogP contribution in [0.25, 0.3) is 27.9 Å². The number of rotatable bonds is 16. The Bertz CT molecular complexity index is 2770. The molecule has 0 spiro atoms. The maximum absolute atomic E-state index is 13.4. The molecule has 0 saturated carbocycles. The summed E-state index contributed by atoms with van der Waals surface area (Å²) in [6, 6.07) is 23.9. The predicted molar refractivity (Wildman–Crippen MR) is 237 cm³/mol. The first kappa shape index (κ1) is 42.1. The van der Waals surface area contributed by atoms with Crippen molar-refractivity contribution in [3.8, 4) is 39.8 Å². The van der Waals surface area contributed by atoms with Crippen molar-refractivity contribution in [3.63, 3.8) is 0 Å². The van der Waals surface area contributed by atoms with Crippen molar-refractivity contribution in [1.82, 2.24) is 35.6 Å². The second-order valence-electron chi connectivity index (χ2n) is 15.8. The van der Waals surface area contributed by atoms with Crippen LogP contribution in [0.15, 0.2) is 96.3 Å². The van der Waals surface area contributed by atoms with Crippen molar-refractivity contribution in [2.45, 2.75) is 77.9 Å². The molecule has 6 aromatic rings. The highest BCUT2D eigenvalue weighted by Crippen LogP contribution is 2.37. The molecular formula is C48H47ClN8O5. The van der Waals surface area contributed by atoms with E-state index in [2.05, 4.69) is 62.4 Å². The maximum Gasteiger partial charge on any atom is 0.262 e. The molecule has 4 N–H and O–H groups in total. The van der Waals surface area contributed by atoms with Crippen LogP contribution >= 0.6 is 11.6 Å². The summed E-state index contributed by atoms with van der Waals surface area (Å²) in [6.45, 7) is 6.57. The number of nitrogens with one attached hydrogen (secondary N) is 4. The van der Waals surface area contributed by atoms with Gasteiger partial charge in [0, 0.05) is 103 Å². The largest absolute Gasteiger partial charge is 0.489 e. The van der Waals surface area contributed by atoms with Crippen molar-refractivity contribution in [2.75, 3.05) is 13.1 Å².